The van der Waals surface area contributed by atoms with E-state index in [0.717, 1.165) is 6.20 Å². The van der Waals surface area contributed by atoms with Gasteiger partial charge in [-0.15, -0.1) is 0 Å². The summed E-state index contributed by atoms with van der Waals surface area (Å²) in [4.78, 5) is 33.6. The van der Waals surface area contributed by atoms with Gasteiger partial charge in [-0.05, 0) is 0 Å². The van der Waals surface area contributed by atoms with Crippen LogP contribution in [0.15, 0.2) is 6.20 Å². The average Bonchev–Trinajstić information content (AvgIpc) is 2.47. The number of carboxylic acid groups (broad SMARTS) is 1. The quantitative estimate of drug-likeness (QED) is 0.494. The summed E-state index contributed by atoms with van der Waals surface area (Å²) >= 11 is 0. The first-order valence-corrected chi connectivity index (χ1v) is 5.32. The molecule has 0 aliphatic heterocycles. The molecule has 0 aliphatic carbocycles. The zero-order valence-corrected chi connectivity index (χ0v) is 7.94. The van der Waals surface area contributed by atoms with Crippen LogP contribution in [-0.4, -0.2) is 30.8 Å². The minimum absolute atomic E-state index is 0.120. The van der Waals surface area contributed by atoms with Crippen molar-refractivity contribution in [3.05, 3.63) is 12.0 Å². The molecular formula is C6H9N2O5P. The summed E-state index contributed by atoms with van der Waals surface area (Å²) in [6.07, 6.45) is 1.00. The van der Waals surface area contributed by atoms with Gasteiger partial charge in [0, 0.05) is 6.42 Å². The van der Waals surface area contributed by atoms with E-state index in [1.807, 2.05) is 0 Å². The second-order valence-electron chi connectivity index (χ2n) is 2.65. The van der Waals surface area contributed by atoms with Crippen molar-refractivity contribution >= 4 is 19.0 Å². The maximum atomic E-state index is 10.7. The number of aromatic amines is 1. The van der Waals surface area contributed by atoms with E-state index in [-0.39, 0.29) is 24.1 Å². The first kappa shape index (κ1) is 10.9. The van der Waals surface area contributed by atoms with Gasteiger partial charge in [0.05, 0.1) is 12.6 Å². The molecule has 78 valence electrons. The van der Waals surface area contributed by atoms with Crippen molar-refractivity contribution < 1.29 is 24.3 Å². The Morgan fingerprint density at radius 1 is 1.57 bits per heavy atom. The fourth-order valence-corrected chi connectivity index (χ4v) is 1.33. The van der Waals surface area contributed by atoms with Gasteiger partial charge in [-0.3, -0.25) is 9.36 Å². The fraction of sp³-hybridized carbons (Fsp3) is 0.333. The standard InChI is InChI=1S/C6H9N2O5P/c9-6(10)2-1-4-7-3-5(8-4)14(11,12)13/h3H,1-2H2,(H,7,8)(H,9,10)(H2,11,12,13). The maximum absolute atomic E-state index is 10.7. The average molecular weight is 220 g/mol. The summed E-state index contributed by atoms with van der Waals surface area (Å²) in [6, 6.07) is 0. The fourth-order valence-electron chi connectivity index (χ4n) is 0.852. The van der Waals surface area contributed by atoms with Crippen LogP contribution in [0.2, 0.25) is 0 Å². The van der Waals surface area contributed by atoms with Gasteiger partial charge in [0.1, 0.15) is 11.3 Å². The predicted molar refractivity (Wildman–Crippen MR) is 46.2 cm³/mol. The Kier molecular flexibility index (Phi) is 3.05. The molecule has 1 aromatic rings. The molecule has 0 saturated carbocycles. The van der Waals surface area contributed by atoms with E-state index in [0.29, 0.717) is 0 Å². The molecule has 0 saturated heterocycles. The van der Waals surface area contributed by atoms with Gasteiger partial charge in [-0.2, -0.15) is 0 Å². The van der Waals surface area contributed by atoms with Crippen LogP contribution < -0.4 is 5.44 Å². The van der Waals surface area contributed by atoms with Gasteiger partial charge < -0.3 is 19.9 Å². The van der Waals surface area contributed by atoms with Crippen LogP contribution in [0.5, 0.6) is 0 Å². The molecule has 1 heterocycles. The SMILES string of the molecule is O=C(O)CCc1ncc(P(=O)(O)O)[nH]1. The Hall–Kier alpha value is -1.17. The summed E-state index contributed by atoms with van der Waals surface area (Å²) in [6.45, 7) is 0. The number of carbonyl (C=O) groups is 1. The largest absolute Gasteiger partial charge is 0.481 e. The monoisotopic (exact) mass is 220 g/mol. The van der Waals surface area contributed by atoms with E-state index in [2.05, 4.69) is 9.97 Å². The topological polar surface area (TPSA) is 124 Å². The predicted octanol–water partition coefficient (Wildman–Crippen LogP) is -0.770. The second-order valence-corrected chi connectivity index (χ2v) is 4.22. The summed E-state index contributed by atoms with van der Waals surface area (Å²) in [5, 5.41) is 8.35. The number of rotatable bonds is 4. The molecule has 1 rings (SSSR count). The van der Waals surface area contributed by atoms with E-state index in [9.17, 15) is 9.36 Å². The maximum Gasteiger partial charge on any atom is 0.373 e. The van der Waals surface area contributed by atoms with Gasteiger partial charge in [0.15, 0.2) is 0 Å². The lowest BCUT2D eigenvalue weighted by Crippen LogP contribution is -2.05. The third-order valence-electron chi connectivity index (χ3n) is 1.50. The number of hydrogen-bond acceptors (Lipinski definition) is 3. The first-order valence-electron chi connectivity index (χ1n) is 3.71. The van der Waals surface area contributed by atoms with Crippen molar-refractivity contribution in [3.63, 3.8) is 0 Å². The second kappa shape index (κ2) is 3.91. The van der Waals surface area contributed by atoms with Crippen LogP contribution >= 0.6 is 7.60 Å². The third kappa shape index (κ3) is 2.95. The molecular weight excluding hydrogens is 211 g/mol. The van der Waals surface area contributed by atoms with Crippen molar-refractivity contribution in [2.45, 2.75) is 12.8 Å². The lowest BCUT2D eigenvalue weighted by molar-refractivity contribution is -0.137. The highest BCUT2D eigenvalue weighted by Crippen LogP contribution is 2.31. The first-order chi connectivity index (χ1) is 6.39. The van der Waals surface area contributed by atoms with Crippen molar-refractivity contribution in [1.82, 2.24) is 9.97 Å². The molecule has 0 atom stereocenters. The highest BCUT2D eigenvalue weighted by molar-refractivity contribution is 7.60. The Balaban J connectivity index is 2.69. The summed E-state index contributed by atoms with van der Waals surface area (Å²) in [7, 11) is -4.31. The molecule has 7 nitrogen and oxygen atoms in total. The van der Waals surface area contributed by atoms with Crippen molar-refractivity contribution in [1.29, 1.82) is 0 Å². The number of aliphatic carboxylic acids is 1. The number of imidazole rings is 1. The van der Waals surface area contributed by atoms with E-state index in [4.69, 9.17) is 14.9 Å². The molecule has 0 unspecified atom stereocenters. The minimum atomic E-state index is -4.31. The van der Waals surface area contributed by atoms with Gasteiger partial charge in [0.25, 0.3) is 0 Å². The Morgan fingerprint density at radius 3 is 2.64 bits per heavy atom. The van der Waals surface area contributed by atoms with Crippen LogP contribution in [0.3, 0.4) is 0 Å². The number of H-pyrrole nitrogens is 1. The van der Waals surface area contributed by atoms with Crippen molar-refractivity contribution in [2.24, 2.45) is 0 Å². The smallest absolute Gasteiger partial charge is 0.373 e. The molecule has 1 aromatic heterocycles. The lowest BCUT2D eigenvalue weighted by atomic mass is 10.3. The number of carboxylic acids is 1. The van der Waals surface area contributed by atoms with Gasteiger partial charge in [0.2, 0.25) is 0 Å². The van der Waals surface area contributed by atoms with Crippen LogP contribution in [0, 0.1) is 0 Å². The van der Waals surface area contributed by atoms with Gasteiger partial charge in [-0.25, -0.2) is 4.98 Å². The molecule has 0 amide bonds. The molecule has 0 radical (unpaired) electrons. The van der Waals surface area contributed by atoms with Crippen LogP contribution in [-0.2, 0) is 15.8 Å². The molecule has 8 heteroatoms. The molecule has 0 spiro atoms. The highest BCUT2D eigenvalue weighted by Gasteiger charge is 2.19. The number of aryl methyl sites for hydroxylation is 1. The number of aromatic nitrogens is 2. The highest BCUT2D eigenvalue weighted by atomic mass is 31.2. The molecule has 0 fully saturated rings. The van der Waals surface area contributed by atoms with E-state index >= 15 is 0 Å². The molecule has 14 heavy (non-hydrogen) atoms. The van der Waals surface area contributed by atoms with Crippen molar-refractivity contribution in [2.75, 3.05) is 0 Å². The van der Waals surface area contributed by atoms with E-state index in [1.54, 1.807) is 0 Å². The lowest BCUT2D eigenvalue weighted by Gasteiger charge is -1.97. The van der Waals surface area contributed by atoms with Crippen LogP contribution in [0.25, 0.3) is 0 Å². The summed E-state index contributed by atoms with van der Waals surface area (Å²) in [5.41, 5.74) is -0.294. The summed E-state index contributed by atoms with van der Waals surface area (Å²) in [5.74, 6) is -0.732. The molecule has 0 bridgehead atoms. The Morgan fingerprint density at radius 2 is 2.21 bits per heavy atom. The van der Waals surface area contributed by atoms with Crippen LogP contribution in [0.4, 0.5) is 0 Å². The van der Waals surface area contributed by atoms with Crippen LogP contribution in [0.1, 0.15) is 12.2 Å². The summed E-state index contributed by atoms with van der Waals surface area (Å²) < 4.78 is 10.7. The molecule has 0 aliphatic rings. The molecule has 4 N–H and O–H groups in total. The minimum Gasteiger partial charge on any atom is -0.481 e. The Labute approximate surface area is 79.0 Å². The molecule has 0 aromatic carbocycles. The third-order valence-corrected chi connectivity index (χ3v) is 2.36. The van der Waals surface area contributed by atoms with Gasteiger partial charge >= 0.3 is 13.6 Å². The van der Waals surface area contributed by atoms with Crippen molar-refractivity contribution in [3.8, 4) is 0 Å². The number of hydrogen-bond donors (Lipinski definition) is 4. The normalized spacial score (nSPS) is 11.6. The number of nitrogens with zero attached hydrogens (tertiary/aromatic N) is 1. The Bertz CT molecular complexity index is 381. The zero-order valence-electron chi connectivity index (χ0n) is 7.04. The number of nitrogens with one attached hydrogen (secondary N) is 1. The van der Waals surface area contributed by atoms with E-state index < -0.39 is 13.6 Å². The zero-order chi connectivity index (χ0) is 10.8. The van der Waals surface area contributed by atoms with Gasteiger partial charge in [-0.1, -0.05) is 0 Å². The van der Waals surface area contributed by atoms with E-state index in [1.165, 1.54) is 0 Å².